The molecule has 1 fully saturated rings. The van der Waals surface area contributed by atoms with Gasteiger partial charge in [-0.1, -0.05) is 0 Å². The van der Waals surface area contributed by atoms with Crippen LogP contribution in [0.1, 0.15) is 29.6 Å². The van der Waals surface area contributed by atoms with E-state index in [9.17, 15) is 4.79 Å². The molecule has 0 aliphatic carbocycles. The summed E-state index contributed by atoms with van der Waals surface area (Å²) in [5.41, 5.74) is 0.616. The molecule has 2 heterocycles. The van der Waals surface area contributed by atoms with E-state index < -0.39 is 0 Å². The molecule has 2 rings (SSSR count). The number of anilines is 1. The third-order valence-corrected chi connectivity index (χ3v) is 3.04. The third kappa shape index (κ3) is 3.43. The first-order chi connectivity index (χ1) is 8.79. The molecule has 1 aromatic heterocycles. The average Bonchev–Trinajstić information content (AvgIpc) is 2.46. The van der Waals surface area contributed by atoms with Crippen LogP contribution in [-0.2, 0) is 4.74 Å². The lowest BCUT2D eigenvalue weighted by Crippen LogP contribution is -2.35. The zero-order valence-corrected chi connectivity index (χ0v) is 10.6. The summed E-state index contributed by atoms with van der Waals surface area (Å²) in [4.78, 5) is 16.0. The van der Waals surface area contributed by atoms with Crippen LogP contribution in [0.3, 0.4) is 0 Å². The highest BCUT2D eigenvalue weighted by atomic mass is 16.5. The number of amides is 1. The minimum atomic E-state index is -0.0805. The Morgan fingerprint density at radius 3 is 3.17 bits per heavy atom. The van der Waals surface area contributed by atoms with Gasteiger partial charge >= 0.3 is 0 Å². The quantitative estimate of drug-likeness (QED) is 0.847. The molecule has 0 aromatic carbocycles. The van der Waals surface area contributed by atoms with Crippen LogP contribution in [0.2, 0.25) is 0 Å². The summed E-state index contributed by atoms with van der Waals surface area (Å²) in [6, 6.07) is 3.44. The summed E-state index contributed by atoms with van der Waals surface area (Å²) in [5.74, 6) is 0.611. The van der Waals surface area contributed by atoms with Crippen molar-refractivity contribution >= 4 is 11.7 Å². The third-order valence-electron chi connectivity index (χ3n) is 3.04. The first kappa shape index (κ1) is 12.8. The van der Waals surface area contributed by atoms with Gasteiger partial charge in [0.25, 0.3) is 5.91 Å². The van der Waals surface area contributed by atoms with Gasteiger partial charge in [-0.3, -0.25) is 4.79 Å². The summed E-state index contributed by atoms with van der Waals surface area (Å²) >= 11 is 0. The first-order valence-corrected chi connectivity index (χ1v) is 6.33. The van der Waals surface area contributed by atoms with Crippen molar-refractivity contribution in [3.63, 3.8) is 0 Å². The van der Waals surface area contributed by atoms with Crippen molar-refractivity contribution in [2.75, 3.05) is 25.5 Å². The van der Waals surface area contributed by atoms with Gasteiger partial charge in [0.15, 0.2) is 0 Å². The van der Waals surface area contributed by atoms with Crippen molar-refractivity contribution in [3.05, 3.63) is 23.9 Å². The molecule has 18 heavy (non-hydrogen) atoms. The zero-order chi connectivity index (χ0) is 12.8. The fraction of sp³-hybridized carbons (Fsp3) is 0.538. The van der Waals surface area contributed by atoms with Gasteiger partial charge in [-0.2, -0.15) is 0 Å². The molecule has 1 aromatic rings. The lowest BCUT2D eigenvalue weighted by Gasteiger charge is -2.22. The minimum Gasteiger partial charge on any atom is -0.376 e. The van der Waals surface area contributed by atoms with Gasteiger partial charge in [-0.25, -0.2) is 4.98 Å². The van der Waals surface area contributed by atoms with Crippen molar-refractivity contribution < 1.29 is 9.53 Å². The molecule has 1 aliphatic heterocycles. The number of nitrogens with zero attached hydrogens (tertiary/aromatic N) is 1. The van der Waals surface area contributed by atoms with Crippen LogP contribution in [0.5, 0.6) is 0 Å². The maximum atomic E-state index is 11.9. The number of ether oxygens (including phenoxy) is 1. The predicted octanol–water partition coefficient (Wildman–Crippen LogP) is 1.42. The molecule has 5 nitrogen and oxygen atoms in total. The molecule has 0 radical (unpaired) electrons. The Balaban J connectivity index is 1.86. The molecule has 2 N–H and O–H groups in total. The van der Waals surface area contributed by atoms with E-state index in [0.29, 0.717) is 17.9 Å². The number of aromatic nitrogens is 1. The second kappa shape index (κ2) is 6.35. The van der Waals surface area contributed by atoms with Crippen molar-refractivity contribution in [3.8, 4) is 0 Å². The summed E-state index contributed by atoms with van der Waals surface area (Å²) in [7, 11) is 1.78. The SMILES string of the molecule is CNc1cc(C(=O)NCC2CCCCO2)ccn1. The van der Waals surface area contributed by atoms with Gasteiger partial charge in [-0.05, 0) is 31.4 Å². The monoisotopic (exact) mass is 249 g/mol. The van der Waals surface area contributed by atoms with E-state index in [1.165, 1.54) is 6.42 Å². The lowest BCUT2D eigenvalue weighted by atomic mass is 10.1. The maximum absolute atomic E-state index is 11.9. The Morgan fingerprint density at radius 1 is 1.56 bits per heavy atom. The van der Waals surface area contributed by atoms with Crippen molar-refractivity contribution in [2.45, 2.75) is 25.4 Å². The van der Waals surface area contributed by atoms with Crippen molar-refractivity contribution in [1.82, 2.24) is 10.3 Å². The molecular formula is C13H19N3O2. The molecule has 1 aliphatic rings. The molecule has 1 atom stereocenters. The van der Waals surface area contributed by atoms with E-state index in [0.717, 1.165) is 19.4 Å². The molecular weight excluding hydrogens is 230 g/mol. The van der Waals surface area contributed by atoms with Crippen LogP contribution in [0, 0.1) is 0 Å². The minimum absolute atomic E-state index is 0.0805. The molecule has 0 saturated carbocycles. The topological polar surface area (TPSA) is 63.2 Å². The number of pyridine rings is 1. The van der Waals surface area contributed by atoms with Crippen LogP contribution in [0.15, 0.2) is 18.3 Å². The van der Waals surface area contributed by atoms with Gasteiger partial charge in [-0.15, -0.1) is 0 Å². The Bertz CT molecular complexity index is 403. The highest BCUT2D eigenvalue weighted by molar-refractivity contribution is 5.94. The second-order valence-electron chi connectivity index (χ2n) is 4.38. The summed E-state index contributed by atoms with van der Waals surface area (Å²) < 4.78 is 5.57. The van der Waals surface area contributed by atoms with E-state index >= 15 is 0 Å². The molecule has 98 valence electrons. The highest BCUT2D eigenvalue weighted by Crippen LogP contribution is 2.12. The van der Waals surface area contributed by atoms with E-state index in [-0.39, 0.29) is 12.0 Å². The predicted molar refractivity (Wildman–Crippen MR) is 69.7 cm³/mol. The maximum Gasteiger partial charge on any atom is 0.251 e. The van der Waals surface area contributed by atoms with Gasteiger partial charge in [0, 0.05) is 32.0 Å². The van der Waals surface area contributed by atoms with E-state index in [1.807, 2.05) is 0 Å². The molecule has 0 bridgehead atoms. The normalized spacial score (nSPS) is 19.3. The Morgan fingerprint density at radius 2 is 2.44 bits per heavy atom. The van der Waals surface area contributed by atoms with E-state index in [4.69, 9.17) is 4.74 Å². The Labute approximate surface area is 107 Å². The van der Waals surface area contributed by atoms with Crippen LogP contribution in [0.4, 0.5) is 5.82 Å². The standard InChI is InChI=1S/C13H19N3O2/c1-14-12-8-10(5-6-15-12)13(17)16-9-11-4-2-3-7-18-11/h5-6,8,11H,2-4,7,9H2,1H3,(H,14,15)(H,16,17). The van der Waals surface area contributed by atoms with Crippen LogP contribution < -0.4 is 10.6 Å². The fourth-order valence-electron chi connectivity index (χ4n) is 1.99. The molecule has 1 amide bonds. The van der Waals surface area contributed by atoms with Gasteiger partial charge in [0.1, 0.15) is 5.82 Å². The Hall–Kier alpha value is -1.62. The van der Waals surface area contributed by atoms with E-state index in [2.05, 4.69) is 15.6 Å². The number of nitrogens with one attached hydrogen (secondary N) is 2. The van der Waals surface area contributed by atoms with Crippen LogP contribution in [-0.4, -0.2) is 37.2 Å². The fourth-order valence-corrected chi connectivity index (χ4v) is 1.99. The smallest absolute Gasteiger partial charge is 0.251 e. The Kier molecular flexibility index (Phi) is 4.52. The first-order valence-electron chi connectivity index (χ1n) is 6.33. The molecule has 0 spiro atoms. The van der Waals surface area contributed by atoms with Gasteiger partial charge in [0.05, 0.1) is 6.10 Å². The largest absolute Gasteiger partial charge is 0.376 e. The highest BCUT2D eigenvalue weighted by Gasteiger charge is 2.15. The number of hydrogen-bond donors (Lipinski definition) is 2. The number of hydrogen-bond acceptors (Lipinski definition) is 4. The average molecular weight is 249 g/mol. The lowest BCUT2D eigenvalue weighted by molar-refractivity contribution is 0.0169. The van der Waals surface area contributed by atoms with Gasteiger partial charge in [0.2, 0.25) is 0 Å². The molecule has 1 unspecified atom stereocenters. The number of carbonyl (C=O) groups is 1. The second-order valence-corrected chi connectivity index (χ2v) is 4.38. The zero-order valence-electron chi connectivity index (χ0n) is 10.6. The summed E-state index contributed by atoms with van der Waals surface area (Å²) in [6.07, 6.45) is 5.12. The number of rotatable bonds is 4. The molecule has 1 saturated heterocycles. The van der Waals surface area contributed by atoms with Crippen molar-refractivity contribution in [2.24, 2.45) is 0 Å². The number of carbonyl (C=O) groups excluding carboxylic acids is 1. The summed E-state index contributed by atoms with van der Waals surface area (Å²) in [5, 5.41) is 5.81. The van der Waals surface area contributed by atoms with Crippen molar-refractivity contribution in [1.29, 1.82) is 0 Å². The summed E-state index contributed by atoms with van der Waals surface area (Å²) in [6.45, 7) is 1.38. The molecule has 5 heteroatoms. The van der Waals surface area contributed by atoms with E-state index in [1.54, 1.807) is 25.4 Å². The van der Waals surface area contributed by atoms with Crippen LogP contribution in [0.25, 0.3) is 0 Å². The van der Waals surface area contributed by atoms with Gasteiger partial charge < -0.3 is 15.4 Å². The van der Waals surface area contributed by atoms with Crippen LogP contribution >= 0.6 is 0 Å².